The summed E-state index contributed by atoms with van der Waals surface area (Å²) >= 11 is 0. The van der Waals surface area contributed by atoms with E-state index < -0.39 is 23.8 Å². The molecule has 6 nitrogen and oxygen atoms in total. The van der Waals surface area contributed by atoms with E-state index in [-0.39, 0.29) is 24.2 Å². The van der Waals surface area contributed by atoms with Crippen molar-refractivity contribution in [3.8, 4) is 0 Å². The van der Waals surface area contributed by atoms with E-state index in [0.29, 0.717) is 0 Å². The number of carboxylic acid groups (broad SMARTS) is 1. The summed E-state index contributed by atoms with van der Waals surface area (Å²) in [6.07, 6.45) is -4.76. The van der Waals surface area contributed by atoms with Crippen LogP contribution in [0.4, 0.5) is 13.2 Å². The molecular weight excluding hydrogens is 303 g/mol. The summed E-state index contributed by atoms with van der Waals surface area (Å²) in [6, 6.07) is 4.27. The Kier molecular flexibility index (Phi) is 4.45. The predicted octanol–water partition coefficient (Wildman–Crippen LogP) is 1.85. The van der Waals surface area contributed by atoms with E-state index in [1.54, 1.807) is 0 Å². The molecule has 118 valence electrons. The minimum atomic E-state index is -4.51. The average molecular weight is 315 g/mol. The fourth-order valence-electron chi connectivity index (χ4n) is 1.81. The van der Waals surface area contributed by atoms with Crippen LogP contribution in [0.3, 0.4) is 0 Å². The van der Waals surface area contributed by atoms with Crippen molar-refractivity contribution >= 4 is 5.97 Å². The van der Waals surface area contributed by atoms with Crippen LogP contribution in [0, 0.1) is 0 Å². The fraction of sp³-hybridized carbons (Fsp3) is 0.308. The van der Waals surface area contributed by atoms with Crippen molar-refractivity contribution in [2.75, 3.05) is 0 Å². The highest BCUT2D eigenvalue weighted by Crippen LogP contribution is 2.31. The Morgan fingerprint density at radius 1 is 1.36 bits per heavy atom. The van der Waals surface area contributed by atoms with Crippen LogP contribution < -0.4 is 0 Å². The number of aromatic nitrogens is 3. The summed E-state index contributed by atoms with van der Waals surface area (Å²) in [5.41, 5.74) is -0.799. The number of aliphatic carboxylic acids is 1. The Hall–Kier alpha value is -2.42. The lowest BCUT2D eigenvalue weighted by Crippen LogP contribution is -2.07. The van der Waals surface area contributed by atoms with Crippen molar-refractivity contribution in [1.82, 2.24) is 15.0 Å². The number of alkyl halides is 3. The molecule has 0 bridgehead atoms. The standard InChI is InChI=1S/C13H12F3N3O3/c14-13(15,16)9-3-1-2-8(6-9)12(22)10-7-19(18-17-10)5-4-11(20)21/h1-3,6-7,12,22H,4-5H2,(H,20,21). The molecule has 0 aliphatic rings. The quantitative estimate of drug-likeness (QED) is 0.879. The molecule has 2 rings (SSSR count). The molecule has 1 aromatic carbocycles. The van der Waals surface area contributed by atoms with E-state index in [2.05, 4.69) is 10.3 Å². The van der Waals surface area contributed by atoms with Gasteiger partial charge in [-0.25, -0.2) is 0 Å². The first-order chi connectivity index (χ1) is 10.3. The zero-order chi connectivity index (χ0) is 16.3. The lowest BCUT2D eigenvalue weighted by Gasteiger charge is -2.11. The highest BCUT2D eigenvalue weighted by molar-refractivity contribution is 5.66. The summed E-state index contributed by atoms with van der Waals surface area (Å²) in [4.78, 5) is 10.4. The van der Waals surface area contributed by atoms with E-state index >= 15 is 0 Å². The van der Waals surface area contributed by atoms with Crippen LogP contribution in [-0.4, -0.2) is 31.2 Å². The molecule has 0 spiro atoms. The molecule has 2 aromatic rings. The third-order valence-corrected chi connectivity index (χ3v) is 2.92. The van der Waals surface area contributed by atoms with Gasteiger partial charge in [-0.1, -0.05) is 17.3 Å². The van der Waals surface area contributed by atoms with Crippen molar-refractivity contribution < 1.29 is 28.2 Å². The summed E-state index contributed by atoms with van der Waals surface area (Å²) in [5.74, 6) is -1.02. The summed E-state index contributed by atoms with van der Waals surface area (Å²) in [5, 5.41) is 25.9. The van der Waals surface area contributed by atoms with Gasteiger partial charge in [-0.3, -0.25) is 9.48 Å². The van der Waals surface area contributed by atoms with Gasteiger partial charge >= 0.3 is 12.1 Å². The zero-order valence-electron chi connectivity index (χ0n) is 11.2. The Balaban J connectivity index is 2.18. The molecular formula is C13H12F3N3O3. The highest BCUT2D eigenvalue weighted by Gasteiger charge is 2.31. The van der Waals surface area contributed by atoms with Gasteiger partial charge in [-0.15, -0.1) is 5.10 Å². The molecule has 0 aliphatic carbocycles. The third kappa shape index (κ3) is 3.82. The van der Waals surface area contributed by atoms with Gasteiger partial charge in [0.15, 0.2) is 0 Å². The Morgan fingerprint density at radius 2 is 2.09 bits per heavy atom. The van der Waals surface area contributed by atoms with Crippen LogP contribution >= 0.6 is 0 Å². The van der Waals surface area contributed by atoms with Crippen LogP contribution in [0.1, 0.15) is 29.3 Å². The van der Waals surface area contributed by atoms with E-state index in [1.165, 1.54) is 23.0 Å². The largest absolute Gasteiger partial charge is 0.481 e. The molecule has 1 atom stereocenters. The summed E-state index contributed by atoms with van der Waals surface area (Å²) in [7, 11) is 0. The maximum Gasteiger partial charge on any atom is 0.416 e. The molecule has 0 fully saturated rings. The van der Waals surface area contributed by atoms with Crippen LogP contribution in [-0.2, 0) is 17.5 Å². The van der Waals surface area contributed by atoms with Gasteiger partial charge < -0.3 is 10.2 Å². The molecule has 1 unspecified atom stereocenters. The van der Waals surface area contributed by atoms with Gasteiger partial charge in [-0.05, 0) is 17.7 Å². The van der Waals surface area contributed by atoms with Gasteiger partial charge in [0.1, 0.15) is 11.8 Å². The molecule has 1 aromatic heterocycles. The molecule has 9 heteroatoms. The van der Waals surface area contributed by atoms with E-state index in [0.717, 1.165) is 12.1 Å². The number of halogens is 3. The number of nitrogens with zero attached hydrogens (tertiary/aromatic N) is 3. The third-order valence-electron chi connectivity index (χ3n) is 2.92. The van der Waals surface area contributed by atoms with Crippen LogP contribution in [0.5, 0.6) is 0 Å². The number of benzene rings is 1. The SMILES string of the molecule is O=C(O)CCn1cc(C(O)c2cccc(C(F)(F)F)c2)nn1. The lowest BCUT2D eigenvalue weighted by atomic mass is 10.0. The summed E-state index contributed by atoms with van der Waals surface area (Å²) < 4.78 is 39.1. The molecule has 22 heavy (non-hydrogen) atoms. The smallest absolute Gasteiger partial charge is 0.416 e. The Morgan fingerprint density at radius 3 is 2.73 bits per heavy atom. The first kappa shape index (κ1) is 16.0. The first-order valence-corrected chi connectivity index (χ1v) is 6.24. The highest BCUT2D eigenvalue weighted by atomic mass is 19.4. The number of aliphatic hydroxyl groups excluding tert-OH is 1. The van der Waals surface area contributed by atoms with Crippen LogP contribution in [0.25, 0.3) is 0 Å². The maximum absolute atomic E-state index is 12.6. The van der Waals surface area contributed by atoms with Crippen LogP contribution in [0.2, 0.25) is 0 Å². The molecule has 0 radical (unpaired) electrons. The van der Waals surface area contributed by atoms with Gasteiger partial charge in [0.05, 0.1) is 24.7 Å². The van der Waals surface area contributed by atoms with E-state index in [9.17, 15) is 23.1 Å². The Bertz CT molecular complexity index is 670. The molecule has 0 saturated heterocycles. The topological polar surface area (TPSA) is 88.2 Å². The van der Waals surface area contributed by atoms with Gasteiger partial charge in [-0.2, -0.15) is 13.2 Å². The average Bonchev–Trinajstić information content (AvgIpc) is 2.92. The molecule has 0 aliphatic heterocycles. The number of rotatable bonds is 5. The van der Waals surface area contributed by atoms with Crippen molar-refractivity contribution in [1.29, 1.82) is 0 Å². The number of aliphatic hydroxyl groups is 1. The normalized spacial score (nSPS) is 13.1. The van der Waals surface area contributed by atoms with Crippen molar-refractivity contribution in [3.05, 3.63) is 47.3 Å². The lowest BCUT2D eigenvalue weighted by molar-refractivity contribution is -0.138. The van der Waals surface area contributed by atoms with Crippen molar-refractivity contribution in [2.24, 2.45) is 0 Å². The first-order valence-electron chi connectivity index (χ1n) is 6.24. The van der Waals surface area contributed by atoms with Crippen molar-refractivity contribution in [2.45, 2.75) is 25.2 Å². The van der Waals surface area contributed by atoms with Crippen LogP contribution in [0.15, 0.2) is 30.5 Å². The monoisotopic (exact) mass is 315 g/mol. The van der Waals surface area contributed by atoms with Gasteiger partial charge in [0.2, 0.25) is 0 Å². The number of hydrogen-bond acceptors (Lipinski definition) is 4. The molecule has 0 amide bonds. The van der Waals surface area contributed by atoms with Gasteiger partial charge in [0.25, 0.3) is 0 Å². The second-order valence-corrected chi connectivity index (χ2v) is 4.58. The second-order valence-electron chi connectivity index (χ2n) is 4.58. The fourth-order valence-corrected chi connectivity index (χ4v) is 1.81. The molecule has 2 N–H and O–H groups in total. The van der Waals surface area contributed by atoms with Gasteiger partial charge in [0, 0.05) is 0 Å². The molecule has 0 saturated carbocycles. The minimum Gasteiger partial charge on any atom is -0.481 e. The second kappa shape index (κ2) is 6.14. The van der Waals surface area contributed by atoms with E-state index in [1.807, 2.05) is 0 Å². The van der Waals surface area contributed by atoms with E-state index in [4.69, 9.17) is 5.11 Å². The zero-order valence-corrected chi connectivity index (χ0v) is 11.2. The maximum atomic E-state index is 12.6. The predicted molar refractivity (Wildman–Crippen MR) is 67.8 cm³/mol. The number of hydrogen-bond donors (Lipinski definition) is 2. The summed E-state index contributed by atoms with van der Waals surface area (Å²) in [6.45, 7) is 0.0532. The Labute approximate surface area is 122 Å². The number of aryl methyl sites for hydroxylation is 1. The minimum absolute atomic E-state index is 0.0279. The van der Waals surface area contributed by atoms with Crippen molar-refractivity contribution in [3.63, 3.8) is 0 Å². The number of carbonyl (C=O) groups is 1. The molecule has 1 heterocycles. The number of carboxylic acids is 1.